The Kier molecular flexibility index (Phi) is 11.4. The number of hydrogen-bond donors (Lipinski definition) is 10. The van der Waals surface area contributed by atoms with Gasteiger partial charge in [-0.2, -0.15) is 48.0 Å². The molecule has 0 saturated carbocycles. The zero-order valence-electron chi connectivity index (χ0n) is 33.0. The molecule has 35 heteroatoms. The number of nitrogens with one attached hydrogen (secondary N) is 2. The van der Waals surface area contributed by atoms with Crippen molar-refractivity contribution in [3.8, 4) is 11.9 Å². The highest BCUT2D eigenvalue weighted by atomic mass is 31.2. The zero-order chi connectivity index (χ0) is 45.4. The number of aromatic nitrogens is 14. The lowest BCUT2D eigenvalue weighted by molar-refractivity contribution is -0.0750. The van der Waals surface area contributed by atoms with E-state index in [9.17, 15) is 39.4 Å². The highest BCUT2D eigenvalue weighted by molar-refractivity contribution is 7.54. The van der Waals surface area contributed by atoms with Crippen LogP contribution in [0, 0.1) is 0 Å². The van der Waals surface area contributed by atoms with Gasteiger partial charge in [-0.05, 0) is 0 Å². The largest absolute Gasteiger partial charge is 0.570 e. The Bertz CT molecular complexity index is 2660. The van der Waals surface area contributed by atoms with E-state index >= 15 is 0 Å². The maximum atomic E-state index is 12.8. The number of nitrogens with zero attached hydrogens (tertiary/aromatic N) is 12. The summed E-state index contributed by atoms with van der Waals surface area (Å²) in [6.07, 6.45) is -6.86. The predicted octanol–water partition coefficient (Wildman–Crippen LogP) is -4.70. The average molecular weight is 957 g/mol. The lowest BCUT2D eigenvalue weighted by Crippen LogP contribution is -2.40. The number of rotatable bonds is 14. The molecule has 33 nitrogen and oxygen atoms in total. The SMILES string of the molecule is Nc1nc2c(nc(-n3cc(COCCOCCOCc4cn(-c5nc6c(=O)[nH]c(N)nc6n5[C@@H]5OC6CO[P+](O)(O)O[C@H]6[C@@H]5O)nn4)nn3)n2[C@@H]2OC3CO[P+](O)(O)O[C@H]3C2O)c(=O)[nH]1. The maximum absolute atomic E-state index is 12.8. The molecule has 0 bridgehead atoms. The summed E-state index contributed by atoms with van der Waals surface area (Å²) >= 11 is 0. The molecule has 0 spiro atoms. The molecular weight excluding hydrogens is 918 g/mol. The summed E-state index contributed by atoms with van der Waals surface area (Å²) in [7, 11) is -8.38. The number of anilines is 2. The molecule has 0 aromatic carbocycles. The molecule has 3 unspecified atom stereocenters. The summed E-state index contributed by atoms with van der Waals surface area (Å²) < 4.78 is 54.1. The van der Waals surface area contributed by atoms with Gasteiger partial charge in [0.15, 0.2) is 47.0 Å². The van der Waals surface area contributed by atoms with Gasteiger partial charge in [-0.15, -0.1) is 19.2 Å². The highest BCUT2D eigenvalue weighted by Crippen LogP contribution is 2.60. The van der Waals surface area contributed by atoms with Crippen molar-refractivity contribution in [3.05, 3.63) is 44.5 Å². The molecular formula is C30H38N16O17P2+2. The Balaban J connectivity index is 0.724. The monoisotopic (exact) mass is 956 g/mol. The normalized spacial score (nSPS) is 27.2. The van der Waals surface area contributed by atoms with Crippen molar-refractivity contribution in [2.24, 2.45) is 0 Å². The van der Waals surface area contributed by atoms with Crippen molar-refractivity contribution in [2.75, 3.05) is 51.1 Å². The Morgan fingerprint density at radius 2 is 1.08 bits per heavy atom. The molecule has 8 atom stereocenters. The van der Waals surface area contributed by atoms with E-state index in [0.29, 0.717) is 11.4 Å². The van der Waals surface area contributed by atoms with Gasteiger partial charge in [-0.3, -0.25) is 28.7 Å². The van der Waals surface area contributed by atoms with E-state index < -0.39 is 76.5 Å². The van der Waals surface area contributed by atoms with Crippen LogP contribution in [0.1, 0.15) is 23.8 Å². The minimum atomic E-state index is -4.19. The van der Waals surface area contributed by atoms with Gasteiger partial charge in [0.25, 0.3) is 11.1 Å². The standard InChI is InChI=1S/C30H36N16O17P2/c31-27-35-21-15(23(49)37-27)33-29(45(21)25-17(47)19-13(60-25)9-58-64(51,52)62-19)43-5-11(39-41-43)7-56-3-1-55-2-4-57-8-12-6-44(42-40-12)30-34-16-22(36-28(32)38-24(16)50)46(30)26-18(48)20-14(61-26)10-59-65(53,54)63-20/h5-6,13-14,17-20,25-26,47-48,51-54H,1-4,7-10H2,(H4-2,31,32,35,36,37,38,49,50)/p+2/t13?,14?,17-,18?,19+,20+,25+,26+/m0/s1. The number of imidazole rings is 2. The van der Waals surface area contributed by atoms with Gasteiger partial charge in [-0.1, -0.05) is 10.4 Å². The molecule has 0 radical (unpaired) electrons. The van der Waals surface area contributed by atoms with Crippen LogP contribution < -0.4 is 22.6 Å². The second-order valence-electron chi connectivity index (χ2n) is 14.7. The first kappa shape index (κ1) is 43.7. The van der Waals surface area contributed by atoms with Crippen molar-refractivity contribution >= 4 is 50.6 Å². The van der Waals surface area contributed by atoms with Crippen LogP contribution in [-0.4, -0.2) is 175 Å². The molecule has 10 rings (SSSR count). The molecule has 4 fully saturated rings. The summed E-state index contributed by atoms with van der Waals surface area (Å²) in [5.41, 5.74) is 10.6. The van der Waals surface area contributed by atoms with Crippen LogP contribution in [0.5, 0.6) is 0 Å². The topological polar surface area (TPSA) is 445 Å². The quantitative estimate of drug-likeness (QED) is 0.0362. The average Bonchev–Trinajstić information content (AvgIpc) is 4.11. The fourth-order valence-corrected chi connectivity index (χ4v) is 9.46. The molecule has 0 aliphatic carbocycles. The van der Waals surface area contributed by atoms with Crippen LogP contribution in [-0.2, 0) is 55.0 Å². The van der Waals surface area contributed by atoms with Crippen molar-refractivity contribution in [1.82, 2.24) is 69.0 Å². The molecule has 0 amide bonds. The van der Waals surface area contributed by atoms with Crippen LogP contribution in [0.15, 0.2) is 22.0 Å². The highest BCUT2D eigenvalue weighted by Gasteiger charge is 2.61. The minimum absolute atomic E-state index is 0.00766. The van der Waals surface area contributed by atoms with E-state index in [1.807, 2.05) is 0 Å². The van der Waals surface area contributed by atoms with E-state index in [2.05, 4.69) is 50.5 Å². The van der Waals surface area contributed by atoms with Gasteiger partial charge in [0.05, 0.1) is 52.0 Å². The molecule has 6 aromatic rings. The van der Waals surface area contributed by atoms with E-state index in [1.54, 1.807) is 0 Å². The number of aliphatic hydroxyl groups excluding tert-OH is 2. The van der Waals surface area contributed by atoms with Crippen LogP contribution in [0.3, 0.4) is 0 Å². The molecule has 4 aliphatic rings. The molecule has 348 valence electrons. The summed E-state index contributed by atoms with van der Waals surface area (Å²) in [5, 5.41) is 38.7. The first-order valence-corrected chi connectivity index (χ1v) is 22.3. The van der Waals surface area contributed by atoms with E-state index in [1.165, 1.54) is 30.9 Å². The Morgan fingerprint density at radius 1 is 0.662 bits per heavy atom. The number of nitrogens with two attached hydrogens (primary N) is 2. The molecule has 12 N–H and O–H groups in total. The maximum Gasteiger partial charge on any atom is 0.570 e. The van der Waals surface area contributed by atoms with Gasteiger partial charge in [0.1, 0.15) is 49.0 Å². The zero-order valence-corrected chi connectivity index (χ0v) is 34.8. The summed E-state index contributed by atoms with van der Waals surface area (Å²) in [5.74, 6) is -0.564. The van der Waals surface area contributed by atoms with Gasteiger partial charge in [-0.25, -0.2) is 9.97 Å². The van der Waals surface area contributed by atoms with Gasteiger partial charge < -0.3 is 45.4 Å². The molecule has 65 heavy (non-hydrogen) atoms. The van der Waals surface area contributed by atoms with E-state index in [4.69, 9.17) is 53.2 Å². The third kappa shape index (κ3) is 8.36. The number of aliphatic hydroxyl groups is 2. The number of hydrogen-bond acceptors (Lipinski definition) is 27. The number of H-pyrrole nitrogens is 2. The first-order valence-electron chi connectivity index (χ1n) is 19.3. The fourth-order valence-electron chi connectivity index (χ4n) is 7.50. The van der Waals surface area contributed by atoms with Gasteiger partial charge >= 0.3 is 16.3 Å². The minimum Gasteiger partial charge on any atom is -0.385 e. The summed E-state index contributed by atoms with van der Waals surface area (Å²) in [6, 6.07) is 0. The molecule has 10 heterocycles. The smallest absolute Gasteiger partial charge is 0.385 e. The lowest BCUT2D eigenvalue weighted by Gasteiger charge is -2.24. The van der Waals surface area contributed by atoms with Crippen molar-refractivity contribution < 1.29 is 71.6 Å². The molecule has 4 aliphatic heterocycles. The molecule has 4 saturated heterocycles. The van der Waals surface area contributed by atoms with Gasteiger partial charge in [0.2, 0.25) is 23.8 Å². The van der Waals surface area contributed by atoms with Crippen LogP contribution in [0.4, 0.5) is 11.9 Å². The van der Waals surface area contributed by atoms with Crippen LogP contribution in [0.25, 0.3) is 34.2 Å². The number of fused-ring (bicyclic) bond motifs is 4. The van der Waals surface area contributed by atoms with Gasteiger partial charge in [0, 0.05) is 0 Å². The Labute approximate surface area is 360 Å². The lowest BCUT2D eigenvalue weighted by atomic mass is 10.1. The number of aromatic amines is 2. The molecule has 6 aromatic heterocycles. The Hall–Kier alpha value is -5.16. The second kappa shape index (κ2) is 16.9. The fraction of sp³-hybridized carbons (Fsp3) is 0.533. The van der Waals surface area contributed by atoms with Crippen LogP contribution >= 0.6 is 16.3 Å². The second-order valence-corrected chi connectivity index (χ2v) is 17.6. The predicted molar refractivity (Wildman–Crippen MR) is 209 cm³/mol. The van der Waals surface area contributed by atoms with Crippen LogP contribution in [0.2, 0.25) is 0 Å². The Morgan fingerprint density at radius 3 is 1.51 bits per heavy atom. The van der Waals surface area contributed by atoms with E-state index in [-0.39, 0.29) is 99.0 Å². The first-order chi connectivity index (χ1) is 31.1. The summed E-state index contributed by atoms with van der Waals surface area (Å²) in [6.45, 7) is 0.0569. The summed E-state index contributed by atoms with van der Waals surface area (Å²) in [4.78, 5) is 87.1. The number of ether oxygens (including phenoxy) is 5. The third-order valence-electron chi connectivity index (χ3n) is 10.3. The van der Waals surface area contributed by atoms with E-state index in [0.717, 1.165) is 0 Å². The van der Waals surface area contributed by atoms with Crippen molar-refractivity contribution in [3.63, 3.8) is 0 Å². The number of nitrogen functional groups attached to an aromatic ring is 2. The van der Waals surface area contributed by atoms with Crippen molar-refractivity contribution in [2.45, 2.75) is 62.3 Å². The third-order valence-corrected chi connectivity index (χ3v) is 12.3. The van der Waals surface area contributed by atoms with Crippen molar-refractivity contribution in [1.29, 1.82) is 0 Å².